The molecule has 5 rings (SSSR count). The van der Waals surface area contributed by atoms with Crippen LogP contribution in [0.2, 0.25) is 0 Å². The maximum atomic E-state index is 12.9. The van der Waals surface area contributed by atoms with E-state index in [-0.39, 0.29) is 5.43 Å². The fraction of sp³-hybridized carbons (Fsp3) is 0.160. The van der Waals surface area contributed by atoms with Gasteiger partial charge in [-0.15, -0.1) is 0 Å². The maximum absolute atomic E-state index is 12.9. The first-order chi connectivity index (χ1) is 14.3. The molecule has 2 heterocycles. The van der Waals surface area contributed by atoms with Gasteiger partial charge < -0.3 is 14.1 Å². The second-order valence-electron chi connectivity index (χ2n) is 7.14. The second kappa shape index (κ2) is 7.57. The molecule has 0 aliphatic carbocycles. The third-order valence-electron chi connectivity index (χ3n) is 5.37. The topological polar surface area (TPSA) is 42.7 Å². The molecule has 29 heavy (non-hydrogen) atoms. The zero-order valence-corrected chi connectivity index (χ0v) is 16.0. The Bertz CT molecular complexity index is 1210. The molecule has 0 saturated carbocycles. The molecule has 1 fully saturated rings. The zero-order valence-electron chi connectivity index (χ0n) is 16.0. The predicted octanol–water partition coefficient (Wildman–Crippen LogP) is 4.96. The van der Waals surface area contributed by atoms with Gasteiger partial charge in [0.2, 0.25) is 0 Å². The van der Waals surface area contributed by atoms with Gasteiger partial charge in [-0.2, -0.15) is 0 Å². The summed E-state index contributed by atoms with van der Waals surface area (Å²) in [5, 5.41) is 0.599. The number of hydrogen-bond donors (Lipinski definition) is 0. The minimum absolute atomic E-state index is 0.0215. The molecule has 0 unspecified atom stereocenters. The summed E-state index contributed by atoms with van der Waals surface area (Å²) in [5.74, 6) is 0.607. The first-order valence-corrected chi connectivity index (χ1v) is 9.86. The molecule has 0 amide bonds. The van der Waals surface area contributed by atoms with E-state index in [1.807, 2.05) is 48.5 Å². The van der Waals surface area contributed by atoms with Gasteiger partial charge in [0.05, 0.1) is 18.6 Å². The van der Waals surface area contributed by atoms with Gasteiger partial charge in [-0.05, 0) is 22.8 Å². The first kappa shape index (κ1) is 17.7. The fourth-order valence-corrected chi connectivity index (χ4v) is 3.90. The van der Waals surface area contributed by atoms with E-state index in [0.717, 1.165) is 35.3 Å². The summed E-state index contributed by atoms with van der Waals surface area (Å²) >= 11 is 0. The van der Waals surface area contributed by atoms with E-state index in [9.17, 15) is 4.79 Å². The Kier molecular flexibility index (Phi) is 4.62. The number of fused-ring (bicyclic) bond motifs is 1. The van der Waals surface area contributed by atoms with Crippen LogP contribution in [0, 0.1) is 0 Å². The highest BCUT2D eigenvalue weighted by Gasteiger charge is 2.18. The predicted molar refractivity (Wildman–Crippen MR) is 116 cm³/mol. The number of morpholine rings is 1. The van der Waals surface area contributed by atoms with Gasteiger partial charge in [0, 0.05) is 24.7 Å². The van der Waals surface area contributed by atoms with Crippen molar-refractivity contribution in [1.29, 1.82) is 0 Å². The van der Waals surface area contributed by atoms with E-state index in [0.29, 0.717) is 30.1 Å². The van der Waals surface area contributed by atoms with Crippen molar-refractivity contribution in [3.8, 4) is 22.3 Å². The normalized spacial score (nSPS) is 14.3. The highest BCUT2D eigenvalue weighted by molar-refractivity contribution is 5.97. The van der Waals surface area contributed by atoms with E-state index in [2.05, 4.69) is 29.2 Å². The molecule has 0 atom stereocenters. The van der Waals surface area contributed by atoms with Crippen molar-refractivity contribution in [2.75, 3.05) is 31.2 Å². The van der Waals surface area contributed by atoms with Crippen LogP contribution in [0.4, 0.5) is 5.88 Å². The SMILES string of the molecule is O=c1cc(N2CCOCC2)oc2c(-c3ccccc3-c3ccccc3)cccc12. The maximum Gasteiger partial charge on any atom is 0.200 e. The van der Waals surface area contributed by atoms with Crippen molar-refractivity contribution >= 4 is 16.9 Å². The molecule has 4 nitrogen and oxygen atoms in total. The number of rotatable bonds is 3. The largest absolute Gasteiger partial charge is 0.440 e. The summed E-state index contributed by atoms with van der Waals surface area (Å²) < 4.78 is 11.8. The van der Waals surface area contributed by atoms with Crippen molar-refractivity contribution in [2.24, 2.45) is 0 Å². The Hall–Kier alpha value is -3.37. The summed E-state index contributed by atoms with van der Waals surface area (Å²) in [4.78, 5) is 14.9. The molecule has 1 aliphatic heterocycles. The van der Waals surface area contributed by atoms with Crippen LogP contribution >= 0.6 is 0 Å². The van der Waals surface area contributed by atoms with E-state index in [1.165, 1.54) is 0 Å². The number of para-hydroxylation sites is 1. The number of nitrogens with zero attached hydrogens (tertiary/aromatic N) is 1. The molecular weight excluding hydrogens is 362 g/mol. The number of benzene rings is 3. The molecular formula is C25H21NO3. The lowest BCUT2D eigenvalue weighted by atomic mass is 9.93. The highest BCUT2D eigenvalue weighted by Crippen LogP contribution is 2.36. The minimum atomic E-state index is -0.0215. The summed E-state index contributed by atoms with van der Waals surface area (Å²) in [6, 6.07) is 25.9. The number of hydrogen-bond acceptors (Lipinski definition) is 4. The minimum Gasteiger partial charge on any atom is -0.440 e. The molecule has 0 radical (unpaired) electrons. The highest BCUT2D eigenvalue weighted by atomic mass is 16.5. The van der Waals surface area contributed by atoms with Crippen LogP contribution in [-0.4, -0.2) is 26.3 Å². The molecule has 4 aromatic rings. The average Bonchev–Trinajstić information content (AvgIpc) is 2.80. The van der Waals surface area contributed by atoms with Crippen molar-refractivity contribution < 1.29 is 9.15 Å². The average molecular weight is 383 g/mol. The van der Waals surface area contributed by atoms with Crippen molar-refractivity contribution in [3.05, 3.63) is 89.1 Å². The van der Waals surface area contributed by atoms with Gasteiger partial charge in [0.1, 0.15) is 5.58 Å². The van der Waals surface area contributed by atoms with Crippen molar-refractivity contribution in [2.45, 2.75) is 0 Å². The molecule has 3 aromatic carbocycles. The molecule has 1 aromatic heterocycles. The molecule has 1 saturated heterocycles. The monoisotopic (exact) mass is 383 g/mol. The van der Waals surface area contributed by atoms with Gasteiger partial charge in [-0.25, -0.2) is 0 Å². The zero-order chi connectivity index (χ0) is 19.6. The van der Waals surface area contributed by atoms with E-state index in [4.69, 9.17) is 9.15 Å². The van der Waals surface area contributed by atoms with Gasteiger partial charge in [-0.1, -0.05) is 66.7 Å². The Morgan fingerprint density at radius 3 is 2.21 bits per heavy atom. The second-order valence-corrected chi connectivity index (χ2v) is 7.14. The standard InChI is InChI=1S/C25H21NO3/c27-23-17-24(26-13-15-28-16-14-26)29-25-21(11-6-12-22(23)25)20-10-5-4-9-19(20)18-7-2-1-3-8-18/h1-12,17H,13-16H2. The van der Waals surface area contributed by atoms with Crippen molar-refractivity contribution in [3.63, 3.8) is 0 Å². The van der Waals surface area contributed by atoms with Gasteiger partial charge in [0.25, 0.3) is 0 Å². The molecule has 0 N–H and O–H groups in total. The van der Waals surface area contributed by atoms with Crippen LogP contribution in [0.25, 0.3) is 33.2 Å². The van der Waals surface area contributed by atoms with E-state index >= 15 is 0 Å². The van der Waals surface area contributed by atoms with Crippen LogP contribution in [0.5, 0.6) is 0 Å². The third kappa shape index (κ3) is 3.32. The molecule has 4 heteroatoms. The van der Waals surface area contributed by atoms with Gasteiger partial charge >= 0.3 is 0 Å². The first-order valence-electron chi connectivity index (χ1n) is 9.86. The van der Waals surface area contributed by atoms with Crippen LogP contribution < -0.4 is 10.3 Å². The Labute approximate surface area is 169 Å². The molecule has 144 valence electrons. The van der Waals surface area contributed by atoms with Crippen molar-refractivity contribution in [1.82, 2.24) is 0 Å². The summed E-state index contributed by atoms with van der Waals surface area (Å²) in [7, 11) is 0. The molecule has 1 aliphatic rings. The fourth-order valence-electron chi connectivity index (χ4n) is 3.90. The van der Waals surface area contributed by atoms with E-state index in [1.54, 1.807) is 6.07 Å². The lowest BCUT2D eigenvalue weighted by Gasteiger charge is -2.27. The van der Waals surface area contributed by atoms with Crippen LogP contribution in [0.15, 0.2) is 88.1 Å². The van der Waals surface area contributed by atoms with Crippen LogP contribution in [0.1, 0.15) is 0 Å². The quantitative estimate of drug-likeness (QED) is 0.501. The Morgan fingerprint density at radius 2 is 1.41 bits per heavy atom. The Morgan fingerprint density at radius 1 is 0.724 bits per heavy atom. The summed E-state index contributed by atoms with van der Waals surface area (Å²) in [6.45, 7) is 2.72. The van der Waals surface area contributed by atoms with Gasteiger partial charge in [-0.3, -0.25) is 4.79 Å². The summed E-state index contributed by atoms with van der Waals surface area (Å²) in [6.07, 6.45) is 0. The number of anilines is 1. The molecule has 0 spiro atoms. The Balaban J connectivity index is 1.72. The summed E-state index contributed by atoms with van der Waals surface area (Å²) in [5.41, 5.74) is 4.82. The van der Waals surface area contributed by atoms with Gasteiger partial charge in [0.15, 0.2) is 11.3 Å². The number of ether oxygens (including phenoxy) is 1. The lowest BCUT2D eigenvalue weighted by Crippen LogP contribution is -2.36. The van der Waals surface area contributed by atoms with Crippen LogP contribution in [0.3, 0.4) is 0 Å². The third-order valence-corrected chi connectivity index (χ3v) is 5.37. The lowest BCUT2D eigenvalue weighted by molar-refractivity contribution is 0.121. The molecule has 0 bridgehead atoms. The van der Waals surface area contributed by atoms with Crippen LogP contribution in [-0.2, 0) is 4.74 Å². The smallest absolute Gasteiger partial charge is 0.200 e. The van der Waals surface area contributed by atoms with E-state index < -0.39 is 0 Å².